The molecule has 9 heteroatoms. The van der Waals surface area contributed by atoms with Gasteiger partial charge in [0.1, 0.15) is 11.3 Å². The van der Waals surface area contributed by atoms with Gasteiger partial charge in [-0.2, -0.15) is 0 Å². The molecule has 0 aliphatic rings. The van der Waals surface area contributed by atoms with Crippen LogP contribution in [0, 0.1) is 0 Å². The number of hydroxylamine groups is 1. The van der Waals surface area contributed by atoms with Crippen molar-refractivity contribution in [3.8, 4) is 5.75 Å². The van der Waals surface area contributed by atoms with E-state index in [9.17, 15) is 14.4 Å². The molecular weight excluding hydrogens is 454 g/mol. The zero-order valence-electron chi connectivity index (χ0n) is 15.9. The molecule has 0 aliphatic heterocycles. The predicted molar refractivity (Wildman–Crippen MR) is 114 cm³/mol. The molecule has 3 rings (SSSR count). The lowest BCUT2D eigenvalue weighted by atomic mass is 10.1. The number of benzene rings is 2. The molecule has 1 heterocycles. The minimum atomic E-state index is -0.626. The highest BCUT2D eigenvalue weighted by Crippen LogP contribution is 2.17. The number of amides is 2. The smallest absolute Gasteiger partial charge is 0.274 e. The van der Waals surface area contributed by atoms with Crippen LogP contribution in [0.15, 0.2) is 70.1 Å². The highest BCUT2D eigenvalue weighted by Gasteiger charge is 2.15. The topological polar surface area (TPSA) is 110 Å². The number of aromatic nitrogens is 1. The minimum Gasteiger partial charge on any atom is -0.497 e. The van der Waals surface area contributed by atoms with Crippen molar-refractivity contribution in [2.24, 2.45) is 0 Å². The van der Waals surface area contributed by atoms with Crippen LogP contribution in [0.2, 0.25) is 0 Å². The Balaban J connectivity index is 1.83. The van der Waals surface area contributed by atoms with Crippen LogP contribution in [0.1, 0.15) is 26.3 Å². The first-order chi connectivity index (χ1) is 14.4. The molecule has 0 bridgehead atoms. The summed E-state index contributed by atoms with van der Waals surface area (Å²) in [5, 5.41) is 11.4. The highest BCUT2D eigenvalue weighted by molar-refractivity contribution is 9.10. The molecule has 0 spiro atoms. The summed E-state index contributed by atoms with van der Waals surface area (Å²) in [6.07, 6.45) is 1.58. The average molecular weight is 472 g/mol. The molecule has 0 saturated heterocycles. The largest absolute Gasteiger partial charge is 0.497 e. The van der Waals surface area contributed by atoms with Crippen LogP contribution in [0.4, 0.5) is 5.69 Å². The number of rotatable bonds is 6. The third kappa shape index (κ3) is 4.94. The van der Waals surface area contributed by atoms with Crippen molar-refractivity contribution in [3.05, 3.63) is 92.3 Å². The van der Waals surface area contributed by atoms with Crippen molar-refractivity contribution < 1.29 is 19.5 Å². The summed E-state index contributed by atoms with van der Waals surface area (Å²) in [6, 6.07) is 14.6. The third-order valence-corrected chi connectivity index (χ3v) is 4.75. The fraction of sp³-hybridized carbons (Fsp3) is 0.0952. The number of carbonyl (C=O) groups excluding carboxylic acids is 2. The molecule has 2 amide bonds. The van der Waals surface area contributed by atoms with E-state index in [2.05, 4.69) is 21.2 Å². The molecule has 30 heavy (non-hydrogen) atoms. The van der Waals surface area contributed by atoms with E-state index in [-0.39, 0.29) is 17.7 Å². The van der Waals surface area contributed by atoms with Crippen LogP contribution in [0.25, 0.3) is 0 Å². The number of carbonyl (C=O) groups is 2. The van der Waals surface area contributed by atoms with Crippen LogP contribution in [-0.2, 0) is 6.54 Å². The Bertz CT molecular complexity index is 1120. The van der Waals surface area contributed by atoms with Gasteiger partial charge in [0.25, 0.3) is 17.4 Å². The summed E-state index contributed by atoms with van der Waals surface area (Å²) in [4.78, 5) is 36.9. The van der Waals surface area contributed by atoms with Crippen molar-refractivity contribution in [1.29, 1.82) is 0 Å². The van der Waals surface area contributed by atoms with Gasteiger partial charge in [-0.1, -0.05) is 12.1 Å². The Morgan fingerprint density at radius 3 is 2.33 bits per heavy atom. The maximum Gasteiger partial charge on any atom is 0.274 e. The molecule has 0 atom stereocenters. The summed E-state index contributed by atoms with van der Waals surface area (Å²) < 4.78 is 7.05. The van der Waals surface area contributed by atoms with E-state index in [1.165, 1.54) is 22.8 Å². The number of methoxy groups -OCH3 is 1. The standard InChI is InChI=1S/C21H18BrN3O5/c1-30-17-8-6-16(7-9-17)23-20(27)18-10-15(22)12-25(21(18)28)11-13-2-4-14(5-3-13)19(26)24-29/h2-10,12,29H,11H2,1H3,(H,23,27)(H,24,26). The predicted octanol–water partition coefficient (Wildman–Crippen LogP) is 3.04. The Hall–Kier alpha value is -3.43. The van der Waals surface area contributed by atoms with Crippen LogP contribution in [-0.4, -0.2) is 28.7 Å². The third-order valence-electron chi connectivity index (χ3n) is 4.32. The van der Waals surface area contributed by atoms with Crippen molar-refractivity contribution >= 4 is 33.4 Å². The Morgan fingerprint density at radius 1 is 1.07 bits per heavy atom. The van der Waals surface area contributed by atoms with Crippen molar-refractivity contribution in [2.45, 2.75) is 6.54 Å². The van der Waals surface area contributed by atoms with Gasteiger partial charge in [0.15, 0.2) is 0 Å². The van der Waals surface area contributed by atoms with Crippen LogP contribution >= 0.6 is 15.9 Å². The Kier molecular flexibility index (Phi) is 6.65. The van der Waals surface area contributed by atoms with E-state index in [1.807, 2.05) is 0 Å². The quantitative estimate of drug-likeness (QED) is 0.378. The molecule has 0 fully saturated rings. The van der Waals surface area contributed by atoms with E-state index in [0.29, 0.717) is 15.9 Å². The molecule has 0 unspecified atom stereocenters. The SMILES string of the molecule is COc1ccc(NC(=O)c2cc(Br)cn(Cc3ccc(C(=O)NO)cc3)c2=O)cc1. The number of ether oxygens (including phenoxy) is 1. The summed E-state index contributed by atoms with van der Waals surface area (Å²) >= 11 is 3.34. The zero-order valence-corrected chi connectivity index (χ0v) is 17.5. The molecular formula is C21H18BrN3O5. The van der Waals surface area contributed by atoms with E-state index in [4.69, 9.17) is 9.94 Å². The number of anilines is 1. The fourth-order valence-electron chi connectivity index (χ4n) is 2.77. The molecule has 3 aromatic rings. The minimum absolute atomic E-state index is 0.0172. The molecule has 0 radical (unpaired) electrons. The second-order valence-electron chi connectivity index (χ2n) is 6.33. The van der Waals surface area contributed by atoms with Gasteiger partial charge in [-0.3, -0.25) is 19.6 Å². The summed E-state index contributed by atoms with van der Waals surface area (Å²) in [6.45, 7) is 0.197. The maximum absolute atomic E-state index is 12.8. The number of halogens is 1. The molecule has 8 nitrogen and oxygen atoms in total. The second kappa shape index (κ2) is 9.38. The zero-order chi connectivity index (χ0) is 21.7. The summed E-state index contributed by atoms with van der Waals surface area (Å²) in [5.41, 5.74) is 2.64. The van der Waals surface area contributed by atoms with Crippen LogP contribution in [0.5, 0.6) is 5.75 Å². The van der Waals surface area contributed by atoms with Crippen molar-refractivity contribution in [1.82, 2.24) is 10.0 Å². The van der Waals surface area contributed by atoms with Crippen molar-refractivity contribution in [2.75, 3.05) is 12.4 Å². The van der Waals surface area contributed by atoms with Gasteiger partial charge in [0, 0.05) is 21.9 Å². The number of hydrogen-bond acceptors (Lipinski definition) is 5. The molecule has 0 aliphatic carbocycles. The summed E-state index contributed by atoms with van der Waals surface area (Å²) in [7, 11) is 1.55. The van der Waals surface area contributed by atoms with Crippen LogP contribution in [0.3, 0.4) is 0 Å². The van der Waals surface area contributed by atoms with Gasteiger partial charge in [-0.25, -0.2) is 5.48 Å². The molecule has 2 aromatic carbocycles. The van der Waals surface area contributed by atoms with Gasteiger partial charge in [0.2, 0.25) is 0 Å². The number of nitrogens with one attached hydrogen (secondary N) is 2. The lowest BCUT2D eigenvalue weighted by Crippen LogP contribution is -2.29. The first-order valence-electron chi connectivity index (χ1n) is 8.80. The van der Waals surface area contributed by atoms with Gasteiger partial charge in [0.05, 0.1) is 13.7 Å². The van der Waals surface area contributed by atoms with E-state index >= 15 is 0 Å². The lowest BCUT2D eigenvalue weighted by molar-refractivity contribution is 0.0706. The van der Waals surface area contributed by atoms with E-state index < -0.39 is 17.4 Å². The summed E-state index contributed by atoms with van der Waals surface area (Å²) in [5.74, 6) is -0.505. The van der Waals surface area contributed by atoms with Gasteiger partial charge >= 0.3 is 0 Å². The first kappa shape index (κ1) is 21.3. The molecule has 3 N–H and O–H groups in total. The first-order valence-corrected chi connectivity index (χ1v) is 9.59. The second-order valence-corrected chi connectivity index (χ2v) is 7.24. The normalized spacial score (nSPS) is 10.4. The lowest BCUT2D eigenvalue weighted by Gasteiger charge is -2.11. The van der Waals surface area contributed by atoms with E-state index in [0.717, 1.165) is 5.56 Å². The van der Waals surface area contributed by atoms with Crippen LogP contribution < -0.4 is 21.1 Å². The number of nitrogens with zero attached hydrogens (tertiary/aromatic N) is 1. The molecule has 154 valence electrons. The molecule has 0 saturated carbocycles. The van der Waals surface area contributed by atoms with Gasteiger partial charge in [-0.15, -0.1) is 0 Å². The maximum atomic E-state index is 12.8. The number of hydrogen-bond donors (Lipinski definition) is 3. The highest BCUT2D eigenvalue weighted by atomic mass is 79.9. The fourth-order valence-corrected chi connectivity index (χ4v) is 3.25. The Morgan fingerprint density at radius 2 is 1.73 bits per heavy atom. The average Bonchev–Trinajstić information content (AvgIpc) is 2.76. The van der Waals surface area contributed by atoms with Gasteiger partial charge < -0.3 is 14.6 Å². The van der Waals surface area contributed by atoms with Crippen molar-refractivity contribution in [3.63, 3.8) is 0 Å². The van der Waals surface area contributed by atoms with Gasteiger partial charge in [-0.05, 0) is 64.0 Å². The monoisotopic (exact) mass is 471 g/mol. The number of pyridine rings is 1. The van der Waals surface area contributed by atoms with E-state index in [1.54, 1.807) is 55.2 Å². The Labute approximate surface area is 180 Å². The molecule has 1 aromatic heterocycles.